The first-order valence-electron chi connectivity index (χ1n) is 15.7. The molecule has 0 N–H and O–H groups in total. The molecule has 3 aromatic heterocycles. The third kappa shape index (κ3) is 3.79. The van der Waals surface area contributed by atoms with E-state index in [1.165, 1.54) is 60.1 Å². The Hall–Kier alpha value is -6.06. The summed E-state index contributed by atoms with van der Waals surface area (Å²) in [5.41, 5.74) is 11.7. The van der Waals surface area contributed by atoms with Crippen molar-refractivity contribution in [3.05, 3.63) is 170 Å². The van der Waals surface area contributed by atoms with Gasteiger partial charge in [0.05, 0.1) is 44.6 Å². The predicted molar refractivity (Wildman–Crippen MR) is 196 cm³/mol. The van der Waals surface area contributed by atoms with Gasteiger partial charge in [0.1, 0.15) is 0 Å². The Kier molecular flexibility index (Phi) is 5.87. The van der Waals surface area contributed by atoms with Crippen molar-refractivity contribution >= 4 is 60.6 Å². The second kappa shape index (κ2) is 10.3. The van der Waals surface area contributed by atoms with E-state index in [4.69, 9.17) is 0 Å². The predicted octanol–water partition coefficient (Wildman–Crippen LogP) is 11.3. The molecule has 0 aliphatic heterocycles. The molecule has 0 radical (unpaired) electrons. The highest BCUT2D eigenvalue weighted by molar-refractivity contribution is 6.10. The summed E-state index contributed by atoms with van der Waals surface area (Å²) in [5.74, 6) is 0. The van der Waals surface area contributed by atoms with Crippen LogP contribution >= 0.6 is 0 Å². The number of aryl methyl sites for hydroxylation is 1. The normalized spacial score (nSPS) is 12.0. The maximum Gasteiger partial charge on any atom is 0.0541 e. The van der Waals surface area contributed by atoms with E-state index >= 15 is 0 Å². The summed E-state index contributed by atoms with van der Waals surface area (Å²) in [6.45, 7) is 6.19. The Morgan fingerprint density at radius 2 is 0.761 bits per heavy atom. The van der Waals surface area contributed by atoms with Gasteiger partial charge < -0.3 is 13.7 Å². The minimum absolute atomic E-state index is 1.10. The standard InChI is InChI=1S/C43H31N3/c1-3-4-20-38-29(2)33-15-5-10-21-39(33)44(38)30-26-31(45-40-22-11-6-16-34(40)35-17-7-12-23-41(35)45)28-32(27-30)46-42-24-13-8-18-36(42)37-19-9-14-25-43(37)46/h3-28H,1H2,2H3/b20-4-. The maximum atomic E-state index is 3.97. The molecule has 3 heteroatoms. The van der Waals surface area contributed by atoms with Crippen LogP contribution in [0.2, 0.25) is 0 Å². The molecule has 0 saturated heterocycles. The smallest absolute Gasteiger partial charge is 0.0541 e. The first-order valence-corrected chi connectivity index (χ1v) is 15.7. The van der Waals surface area contributed by atoms with Crippen LogP contribution in [-0.4, -0.2) is 13.7 Å². The zero-order valence-electron chi connectivity index (χ0n) is 25.6. The first-order chi connectivity index (χ1) is 22.7. The number of allylic oxidation sites excluding steroid dienone is 2. The van der Waals surface area contributed by atoms with Gasteiger partial charge in [0.15, 0.2) is 0 Å². The molecule has 9 rings (SSSR count). The van der Waals surface area contributed by atoms with E-state index in [1.54, 1.807) is 0 Å². The lowest BCUT2D eigenvalue weighted by atomic mass is 10.1. The lowest BCUT2D eigenvalue weighted by Gasteiger charge is -2.18. The zero-order valence-corrected chi connectivity index (χ0v) is 25.6. The molecule has 9 aromatic rings. The second-order valence-electron chi connectivity index (χ2n) is 11.9. The number of fused-ring (bicyclic) bond motifs is 7. The van der Waals surface area contributed by atoms with Gasteiger partial charge in [0.25, 0.3) is 0 Å². The highest BCUT2D eigenvalue weighted by Crippen LogP contribution is 2.38. The summed E-state index contributed by atoms with van der Waals surface area (Å²) >= 11 is 0. The summed E-state index contributed by atoms with van der Waals surface area (Å²) in [5, 5.41) is 6.24. The second-order valence-corrected chi connectivity index (χ2v) is 11.9. The van der Waals surface area contributed by atoms with Crippen LogP contribution in [0.3, 0.4) is 0 Å². The molecule has 0 atom stereocenters. The van der Waals surface area contributed by atoms with Crippen molar-refractivity contribution in [2.75, 3.05) is 0 Å². The Morgan fingerprint density at radius 1 is 0.435 bits per heavy atom. The summed E-state index contributed by atoms with van der Waals surface area (Å²) in [7, 11) is 0. The van der Waals surface area contributed by atoms with E-state index in [0.717, 1.165) is 22.8 Å². The van der Waals surface area contributed by atoms with Gasteiger partial charge >= 0.3 is 0 Å². The van der Waals surface area contributed by atoms with E-state index in [0.29, 0.717) is 0 Å². The Labute approximate surface area is 267 Å². The highest BCUT2D eigenvalue weighted by atomic mass is 15.0. The first kappa shape index (κ1) is 26.4. The Morgan fingerprint density at radius 3 is 1.15 bits per heavy atom. The van der Waals surface area contributed by atoms with Crippen LogP contribution < -0.4 is 0 Å². The van der Waals surface area contributed by atoms with Crippen molar-refractivity contribution in [2.45, 2.75) is 6.92 Å². The molecule has 6 aromatic carbocycles. The van der Waals surface area contributed by atoms with Gasteiger partial charge in [-0.15, -0.1) is 0 Å². The summed E-state index contributed by atoms with van der Waals surface area (Å²) in [4.78, 5) is 0. The van der Waals surface area contributed by atoms with Crippen molar-refractivity contribution in [3.63, 3.8) is 0 Å². The zero-order chi connectivity index (χ0) is 30.8. The van der Waals surface area contributed by atoms with Gasteiger partial charge in [0.2, 0.25) is 0 Å². The fourth-order valence-electron chi connectivity index (χ4n) is 7.43. The number of aromatic nitrogens is 3. The molecule has 0 bridgehead atoms. The molecule has 0 aliphatic rings. The van der Waals surface area contributed by atoms with Gasteiger partial charge in [-0.1, -0.05) is 110 Å². The minimum Gasteiger partial charge on any atom is -0.309 e. The lowest BCUT2D eigenvalue weighted by molar-refractivity contribution is 1.06. The third-order valence-electron chi connectivity index (χ3n) is 9.39. The molecular formula is C43H31N3. The maximum absolute atomic E-state index is 3.97. The molecule has 0 amide bonds. The molecule has 0 aliphatic carbocycles. The van der Waals surface area contributed by atoms with Crippen molar-refractivity contribution in [3.8, 4) is 17.1 Å². The van der Waals surface area contributed by atoms with Crippen molar-refractivity contribution in [1.29, 1.82) is 0 Å². The molecule has 0 fully saturated rings. The minimum atomic E-state index is 1.10. The Bertz CT molecular complexity index is 2430. The fourth-order valence-corrected chi connectivity index (χ4v) is 7.43. The number of nitrogens with zero attached hydrogens (tertiary/aromatic N) is 3. The SMILES string of the molecule is C=C/C=C\c1c(C)c2ccccc2n1-c1cc(-n2c3ccccc3c3ccccc32)cc(-n2c3ccccc3c3ccccc32)c1. The highest BCUT2D eigenvalue weighted by Gasteiger charge is 2.19. The quantitative estimate of drug-likeness (QED) is 0.177. The number of hydrogen-bond acceptors (Lipinski definition) is 0. The lowest BCUT2D eigenvalue weighted by Crippen LogP contribution is -2.04. The fraction of sp³-hybridized carbons (Fsp3) is 0.0233. The van der Waals surface area contributed by atoms with Gasteiger partial charge in [-0.2, -0.15) is 0 Å². The molecule has 0 unspecified atom stereocenters. The average Bonchev–Trinajstić information content (AvgIpc) is 3.72. The molecule has 3 nitrogen and oxygen atoms in total. The van der Waals surface area contributed by atoms with E-state index in [2.05, 4.69) is 173 Å². The summed E-state index contributed by atoms with van der Waals surface area (Å²) in [6, 6.07) is 50.6. The number of para-hydroxylation sites is 5. The van der Waals surface area contributed by atoms with E-state index in [1.807, 2.05) is 12.2 Å². The molecule has 0 spiro atoms. The van der Waals surface area contributed by atoms with E-state index in [9.17, 15) is 0 Å². The van der Waals surface area contributed by atoms with Gasteiger partial charge in [0, 0.05) is 32.6 Å². The van der Waals surface area contributed by atoms with Crippen LogP contribution in [0.4, 0.5) is 0 Å². The van der Waals surface area contributed by atoms with Crippen LogP contribution in [0.15, 0.2) is 158 Å². The molecule has 3 heterocycles. The van der Waals surface area contributed by atoms with E-state index in [-0.39, 0.29) is 0 Å². The third-order valence-corrected chi connectivity index (χ3v) is 9.39. The monoisotopic (exact) mass is 589 g/mol. The van der Waals surface area contributed by atoms with E-state index < -0.39 is 0 Å². The van der Waals surface area contributed by atoms with Gasteiger partial charge in [-0.25, -0.2) is 0 Å². The number of rotatable bonds is 5. The van der Waals surface area contributed by atoms with Crippen LogP contribution in [0.5, 0.6) is 0 Å². The molecular weight excluding hydrogens is 558 g/mol. The van der Waals surface area contributed by atoms with Gasteiger partial charge in [-0.3, -0.25) is 0 Å². The summed E-state index contributed by atoms with van der Waals surface area (Å²) in [6.07, 6.45) is 6.05. The topological polar surface area (TPSA) is 14.8 Å². The average molecular weight is 590 g/mol. The van der Waals surface area contributed by atoms with Crippen molar-refractivity contribution < 1.29 is 0 Å². The number of hydrogen-bond donors (Lipinski definition) is 0. The molecule has 218 valence electrons. The van der Waals surface area contributed by atoms with Crippen LogP contribution in [-0.2, 0) is 0 Å². The van der Waals surface area contributed by atoms with Crippen LogP contribution in [0, 0.1) is 6.92 Å². The number of benzene rings is 6. The largest absolute Gasteiger partial charge is 0.309 e. The molecule has 0 saturated carbocycles. The Balaban J connectivity index is 1.45. The van der Waals surface area contributed by atoms with Crippen molar-refractivity contribution in [1.82, 2.24) is 13.7 Å². The van der Waals surface area contributed by atoms with Crippen LogP contribution in [0.1, 0.15) is 11.3 Å². The van der Waals surface area contributed by atoms with Crippen LogP contribution in [0.25, 0.3) is 77.7 Å². The molecule has 46 heavy (non-hydrogen) atoms. The summed E-state index contributed by atoms with van der Waals surface area (Å²) < 4.78 is 7.24. The van der Waals surface area contributed by atoms with Crippen molar-refractivity contribution in [2.24, 2.45) is 0 Å². The van der Waals surface area contributed by atoms with Gasteiger partial charge in [-0.05, 0) is 67.1 Å².